The monoisotopic (exact) mass is 548 g/mol. The molecule has 1 atom stereocenters. The number of benzene rings is 1. The number of Topliss-reactive ketones (excluding diaryl/α,β-unsaturated/α-hetero) is 1. The van der Waals surface area contributed by atoms with Crippen LogP contribution in [0.2, 0.25) is 0 Å². The molecule has 200 valence electrons. The van der Waals surface area contributed by atoms with Gasteiger partial charge in [0.1, 0.15) is 16.2 Å². The number of hydrogen-bond donors (Lipinski definition) is 2. The number of aliphatic hydroxyl groups excluding tert-OH is 1. The number of esters is 1. The van der Waals surface area contributed by atoms with Gasteiger partial charge in [-0.15, -0.1) is 0 Å². The Morgan fingerprint density at radius 2 is 1.90 bits per heavy atom. The van der Waals surface area contributed by atoms with Crippen LogP contribution in [0, 0.1) is 13.8 Å². The Bertz CT molecular complexity index is 1690. The number of aromatic nitrogens is 3. The summed E-state index contributed by atoms with van der Waals surface area (Å²) in [5.41, 5.74) is 1.74. The highest BCUT2D eigenvalue weighted by Crippen LogP contribution is 2.45. The summed E-state index contributed by atoms with van der Waals surface area (Å²) in [7, 11) is 1.23. The molecule has 1 amide bonds. The number of ether oxygens (including phenoxy) is 2. The van der Waals surface area contributed by atoms with Crippen molar-refractivity contribution in [2.75, 3.05) is 18.6 Å². The number of ketones is 1. The van der Waals surface area contributed by atoms with Crippen LogP contribution in [-0.4, -0.2) is 56.0 Å². The quantitative estimate of drug-likeness (QED) is 0.159. The fraction of sp³-hybridized carbons (Fsp3) is 0.222. The summed E-state index contributed by atoms with van der Waals surface area (Å²) >= 11 is 0.893. The number of aromatic hydroxyl groups is 1. The van der Waals surface area contributed by atoms with Gasteiger partial charge < -0.3 is 19.7 Å². The molecule has 39 heavy (non-hydrogen) atoms. The fourth-order valence-electron chi connectivity index (χ4n) is 4.61. The molecule has 2 N–H and O–H groups in total. The van der Waals surface area contributed by atoms with E-state index in [9.17, 15) is 24.6 Å². The molecule has 0 saturated carbocycles. The van der Waals surface area contributed by atoms with E-state index in [2.05, 4.69) is 9.97 Å². The first-order valence-electron chi connectivity index (χ1n) is 11.9. The lowest BCUT2D eigenvalue weighted by molar-refractivity contribution is -0.132. The number of methoxy groups -OCH3 is 1. The molecule has 3 aromatic heterocycles. The molecule has 1 aliphatic heterocycles. The van der Waals surface area contributed by atoms with Crippen molar-refractivity contribution in [3.05, 3.63) is 75.7 Å². The smallest absolute Gasteiger partial charge is 0.350 e. The SMILES string of the molecule is CCOc1cc(C2/C(=C(\O)c3c(C)nc4ccccn34)C(=O)C(=O)N2c2nc(C)c(C(=O)OC)s2)ccc1O. The van der Waals surface area contributed by atoms with E-state index in [4.69, 9.17) is 9.47 Å². The number of aryl methyl sites for hydroxylation is 2. The highest BCUT2D eigenvalue weighted by molar-refractivity contribution is 7.17. The number of imidazole rings is 1. The zero-order valence-electron chi connectivity index (χ0n) is 21.5. The number of rotatable bonds is 6. The zero-order chi connectivity index (χ0) is 28.0. The van der Waals surface area contributed by atoms with Gasteiger partial charge in [-0.05, 0) is 50.6 Å². The lowest BCUT2D eigenvalue weighted by Crippen LogP contribution is -2.29. The first kappa shape index (κ1) is 25.9. The van der Waals surface area contributed by atoms with Crippen molar-refractivity contribution in [1.82, 2.24) is 14.4 Å². The van der Waals surface area contributed by atoms with Gasteiger partial charge in [-0.2, -0.15) is 0 Å². The second-order valence-corrected chi connectivity index (χ2v) is 9.68. The van der Waals surface area contributed by atoms with Crippen molar-refractivity contribution >= 4 is 45.5 Å². The van der Waals surface area contributed by atoms with E-state index in [0.717, 1.165) is 16.2 Å². The Labute approximate surface area is 226 Å². The molecule has 11 nitrogen and oxygen atoms in total. The number of carbonyl (C=O) groups excluding carboxylic acids is 3. The van der Waals surface area contributed by atoms with Crippen molar-refractivity contribution in [1.29, 1.82) is 0 Å². The molecule has 4 aromatic rings. The molecule has 1 saturated heterocycles. The van der Waals surface area contributed by atoms with Gasteiger partial charge in [0.05, 0.1) is 36.7 Å². The largest absolute Gasteiger partial charge is 0.505 e. The van der Waals surface area contributed by atoms with Gasteiger partial charge in [0, 0.05) is 6.20 Å². The minimum absolute atomic E-state index is 0.0694. The summed E-state index contributed by atoms with van der Waals surface area (Å²) in [6, 6.07) is 8.54. The number of carbonyl (C=O) groups is 3. The van der Waals surface area contributed by atoms with Crippen molar-refractivity contribution in [3.8, 4) is 11.5 Å². The number of phenols is 1. The topological polar surface area (TPSA) is 144 Å². The fourth-order valence-corrected chi connectivity index (χ4v) is 5.62. The molecule has 0 aliphatic carbocycles. The van der Waals surface area contributed by atoms with Gasteiger partial charge in [0.25, 0.3) is 5.78 Å². The van der Waals surface area contributed by atoms with Crippen LogP contribution in [0.15, 0.2) is 48.2 Å². The molecule has 0 bridgehead atoms. The molecule has 4 heterocycles. The standard InChI is InChI=1S/C27H24N4O7S/c1-5-38-17-12-15(9-10-16(17)32)21-19(22(33)20-13(2)28-18-8-6-7-11-30(18)20)23(34)25(35)31(21)27-29-14(3)24(39-27)26(36)37-4/h6-12,21,32-33H,5H2,1-4H3/b22-19+. The van der Waals surface area contributed by atoms with Crippen LogP contribution in [0.25, 0.3) is 11.4 Å². The molecule has 0 radical (unpaired) electrons. The van der Waals surface area contributed by atoms with Gasteiger partial charge in [-0.1, -0.05) is 23.5 Å². The van der Waals surface area contributed by atoms with Crippen molar-refractivity contribution in [2.45, 2.75) is 26.8 Å². The molecule has 1 aliphatic rings. The summed E-state index contributed by atoms with van der Waals surface area (Å²) < 4.78 is 12.0. The first-order chi connectivity index (χ1) is 18.7. The highest BCUT2D eigenvalue weighted by atomic mass is 32.1. The van der Waals surface area contributed by atoms with E-state index in [-0.39, 0.29) is 39.4 Å². The lowest BCUT2D eigenvalue weighted by atomic mass is 9.96. The number of pyridine rings is 1. The normalized spacial score (nSPS) is 16.7. The summed E-state index contributed by atoms with van der Waals surface area (Å²) in [5, 5.41) is 22.0. The third kappa shape index (κ3) is 4.18. The van der Waals surface area contributed by atoms with E-state index >= 15 is 0 Å². The van der Waals surface area contributed by atoms with Gasteiger partial charge in [0.2, 0.25) is 0 Å². The minimum atomic E-state index is -1.16. The number of fused-ring (bicyclic) bond motifs is 1. The predicted octanol–water partition coefficient (Wildman–Crippen LogP) is 3.92. The highest BCUT2D eigenvalue weighted by Gasteiger charge is 2.49. The van der Waals surface area contributed by atoms with Crippen molar-refractivity contribution in [3.63, 3.8) is 0 Å². The van der Waals surface area contributed by atoms with Crippen molar-refractivity contribution in [2.24, 2.45) is 0 Å². The van der Waals surface area contributed by atoms with Gasteiger partial charge in [-0.25, -0.2) is 14.8 Å². The van der Waals surface area contributed by atoms with Crippen LogP contribution in [0.4, 0.5) is 5.13 Å². The predicted molar refractivity (Wildman–Crippen MR) is 142 cm³/mol. The summed E-state index contributed by atoms with van der Waals surface area (Å²) in [4.78, 5) is 49.6. The Morgan fingerprint density at radius 1 is 1.13 bits per heavy atom. The first-order valence-corrected chi connectivity index (χ1v) is 12.8. The van der Waals surface area contributed by atoms with Gasteiger partial charge in [0.15, 0.2) is 22.4 Å². The van der Waals surface area contributed by atoms with Crippen LogP contribution in [-0.2, 0) is 14.3 Å². The van der Waals surface area contributed by atoms with Crippen LogP contribution >= 0.6 is 11.3 Å². The third-order valence-corrected chi connectivity index (χ3v) is 7.47. The molecule has 1 aromatic carbocycles. The van der Waals surface area contributed by atoms with Gasteiger partial charge in [-0.3, -0.25) is 18.9 Å². The van der Waals surface area contributed by atoms with E-state index in [1.165, 1.54) is 25.3 Å². The maximum Gasteiger partial charge on any atom is 0.350 e. The molecule has 12 heteroatoms. The third-order valence-electron chi connectivity index (χ3n) is 6.33. The van der Waals surface area contributed by atoms with Gasteiger partial charge >= 0.3 is 11.9 Å². The minimum Gasteiger partial charge on any atom is -0.505 e. The molecular formula is C27H24N4O7S. The van der Waals surface area contributed by atoms with E-state index in [1.807, 2.05) is 0 Å². The van der Waals surface area contributed by atoms with E-state index in [1.54, 1.807) is 49.6 Å². The summed E-state index contributed by atoms with van der Waals surface area (Å²) in [6.45, 7) is 5.28. The molecule has 5 rings (SSSR count). The zero-order valence-corrected chi connectivity index (χ0v) is 22.3. The van der Waals surface area contributed by atoms with Crippen LogP contribution in [0.5, 0.6) is 11.5 Å². The van der Waals surface area contributed by atoms with Crippen LogP contribution in [0.3, 0.4) is 0 Å². The Morgan fingerprint density at radius 3 is 2.62 bits per heavy atom. The number of thiazole rings is 1. The maximum absolute atomic E-state index is 13.6. The maximum atomic E-state index is 13.6. The average Bonchev–Trinajstić information content (AvgIpc) is 3.55. The summed E-state index contributed by atoms with van der Waals surface area (Å²) in [6.07, 6.45) is 1.69. The Kier molecular flexibility index (Phi) is 6.56. The summed E-state index contributed by atoms with van der Waals surface area (Å²) in [5.74, 6) is -2.94. The van der Waals surface area contributed by atoms with Crippen molar-refractivity contribution < 1.29 is 34.1 Å². The number of phenolic OH excluding ortho intramolecular Hbond substituents is 1. The van der Waals surface area contributed by atoms with Crippen LogP contribution in [0.1, 0.15) is 45.3 Å². The molecule has 1 unspecified atom stereocenters. The number of amides is 1. The lowest BCUT2D eigenvalue weighted by Gasteiger charge is -2.23. The number of hydrogen-bond acceptors (Lipinski definition) is 10. The number of aliphatic hydroxyl groups is 1. The molecule has 1 fully saturated rings. The molecule has 0 spiro atoms. The van der Waals surface area contributed by atoms with E-state index < -0.39 is 29.5 Å². The second kappa shape index (κ2) is 9.87. The van der Waals surface area contributed by atoms with Crippen LogP contribution < -0.4 is 9.64 Å². The Balaban J connectivity index is 1.78. The molecular weight excluding hydrogens is 524 g/mol. The van der Waals surface area contributed by atoms with E-state index in [0.29, 0.717) is 22.6 Å². The number of nitrogens with zero attached hydrogens (tertiary/aromatic N) is 4. The second-order valence-electron chi connectivity index (χ2n) is 8.71. The average molecular weight is 549 g/mol. The Hall–Kier alpha value is -4.71. The number of anilines is 1.